The molecule has 2 saturated heterocycles. The number of carbonyl (C=O) groups is 2. The first-order valence-corrected chi connectivity index (χ1v) is 8.01. The number of hydrogen-bond acceptors (Lipinski definition) is 4. The molecule has 0 aromatic rings. The molecule has 2 amide bonds. The molecule has 2 aliphatic rings. The standard InChI is InChI=1S/C15H27N3O3/c1-21-11-14(19)17-12-6-9-18(10-7-12)15(20)13-5-3-2-4-8-16-13/h12-13,16H,2-11H2,1H3,(H,17,19). The molecule has 6 nitrogen and oxygen atoms in total. The van der Waals surface area contributed by atoms with Gasteiger partial charge in [-0.15, -0.1) is 0 Å². The van der Waals surface area contributed by atoms with E-state index in [0.717, 1.165) is 51.7 Å². The lowest BCUT2D eigenvalue weighted by Crippen LogP contribution is -2.52. The molecule has 2 heterocycles. The van der Waals surface area contributed by atoms with Gasteiger partial charge in [-0.05, 0) is 32.2 Å². The van der Waals surface area contributed by atoms with Gasteiger partial charge in [0.05, 0.1) is 6.04 Å². The van der Waals surface area contributed by atoms with Gasteiger partial charge in [0.2, 0.25) is 11.8 Å². The second-order valence-corrected chi connectivity index (χ2v) is 5.96. The zero-order valence-electron chi connectivity index (χ0n) is 12.9. The maximum Gasteiger partial charge on any atom is 0.246 e. The fraction of sp³-hybridized carbons (Fsp3) is 0.867. The predicted molar refractivity (Wildman–Crippen MR) is 79.9 cm³/mol. The molecule has 21 heavy (non-hydrogen) atoms. The Labute approximate surface area is 126 Å². The van der Waals surface area contributed by atoms with Gasteiger partial charge >= 0.3 is 0 Å². The van der Waals surface area contributed by atoms with Gasteiger partial charge in [-0.2, -0.15) is 0 Å². The maximum absolute atomic E-state index is 12.5. The summed E-state index contributed by atoms with van der Waals surface area (Å²) in [4.78, 5) is 25.9. The number of amides is 2. The first-order valence-electron chi connectivity index (χ1n) is 8.01. The highest BCUT2D eigenvalue weighted by atomic mass is 16.5. The van der Waals surface area contributed by atoms with Crippen LogP contribution in [0.2, 0.25) is 0 Å². The Hall–Kier alpha value is -1.14. The van der Waals surface area contributed by atoms with Gasteiger partial charge in [-0.1, -0.05) is 12.8 Å². The van der Waals surface area contributed by atoms with Crippen LogP contribution in [0.3, 0.4) is 0 Å². The van der Waals surface area contributed by atoms with E-state index in [1.54, 1.807) is 0 Å². The molecule has 0 aromatic carbocycles. The minimum absolute atomic E-state index is 0.00728. The number of piperidine rings is 1. The highest BCUT2D eigenvalue weighted by Gasteiger charge is 2.28. The number of methoxy groups -OCH3 is 1. The molecule has 2 aliphatic heterocycles. The third-order valence-corrected chi connectivity index (χ3v) is 4.31. The Bertz CT molecular complexity index is 346. The molecule has 0 spiro atoms. The van der Waals surface area contributed by atoms with Crippen LogP contribution in [0.5, 0.6) is 0 Å². The summed E-state index contributed by atoms with van der Waals surface area (Å²) in [6.07, 6.45) is 6.11. The van der Waals surface area contributed by atoms with E-state index in [-0.39, 0.29) is 30.5 Å². The first-order chi connectivity index (χ1) is 10.2. The molecule has 120 valence electrons. The largest absolute Gasteiger partial charge is 0.375 e. The second kappa shape index (κ2) is 8.34. The zero-order valence-corrected chi connectivity index (χ0v) is 12.9. The number of likely N-dealkylation sites (tertiary alicyclic amines) is 1. The first kappa shape index (κ1) is 16.2. The highest BCUT2D eigenvalue weighted by molar-refractivity contribution is 5.82. The minimum atomic E-state index is -0.0762. The van der Waals surface area contributed by atoms with Crippen molar-refractivity contribution in [1.82, 2.24) is 15.5 Å². The van der Waals surface area contributed by atoms with Crippen LogP contribution in [0.4, 0.5) is 0 Å². The van der Waals surface area contributed by atoms with Gasteiger partial charge in [0.25, 0.3) is 0 Å². The van der Waals surface area contributed by atoms with Crippen molar-refractivity contribution < 1.29 is 14.3 Å². The number of rotatable bonds is 4. The van der Waals surface area contributed by atoms with Crippen molar-refractivity contribution in [3.05, 3.63) is 0 Å². The van der Waals surface area contributed by atoms with Crippen molar-refractivity contribution in [2.24, 2.45) is 0 Å². The number of carbonyl (C=O) groups excluding carboxylic acids is 2. The zero-order chi connectivity index (χ0) is 15.1. The van der Waals surface area contributed by atoms with Crippen LogP contribution in [0, 0.1) is 0 Å². The van der Waals surface area contributed by atoms with E-state index in [9.17, 15) is 9.59 Å². The molecule has 0 aliphatic carbocycles. The van der Waals surface area contributed by atoms with E-state index in [1.807, 2.05) is 4.90 Å². The molecule has 1 atom stereocenters. The summed E-state index contributed by atoms with van der Waals surface area (Å²) < 4.78 is 4.81. The van der Waals surface area contributed by atoms with Crippen molar-refractivity contribution in [1.29, 1.82) is 0 Å². The fourth-order valence-corrected chi connectivity index (χ4v) is 3.10. The van der Waals surface area contributed by atoms with E-state index in [0.29, 0.717) is 0 Å². The lowest BCUT2D eigenvalue weighted by Gasteiger charge is -2.34. The Balaban J connectivity index is 1.74. The van der Waals surface area contributed by atoms with Crippen LogP contribution >= 0.6 is 0 Å². The van der Waals surface area contributed by atoms with E-state index >= 15 is 0 Å². The summed E-state index contributed by atoms with van der Waals surface area (Å²) in [5, 5.41) is 6.31. The molecule has 0 radical (unpaired) electrons. The Morgan fingerprint density at radius 2 is 1.95 bits per heavy atom. The Morgan fingerprint density at radius 1 is 1.19 bits per heavy atom. The Kier molecular flexibility index (Phi) is 6.45. The van der Waals surface area contributed by atoms with Gasteiger partial charge in [0, 0.05) is 26.2 Å². The molecular weight excluding hydrogens is 270 g/mol. The van der Waals surface area contributed by atoms with Gasteiger partial charge in [0.15, 0.2) is 0 Å². The fourth-order valence-electron chi connectivity index (χ4n) is 3.10. The molecular formula is C15H27N3O3. The number of ether oxygens (including phenoxy) is 1. The average molecular weight is 297 g/mol. The lowest BCUT2D eigenvalue weighted by atomic mass is 10.0. The molecule has 2 fully saturated rings. The van der Waals surface area contributed by atoms with Gasteiger partial charge in [0.1, 0.15) is 6.61 Å². The number of nitrogens with zero attached hydrogens (tertiary/aromatic N) is 1. The van der Waals surface area contributed by atoms with Gasteiger partial charge in [-0.3, -0.25) is 9.59 Å². The van der Waals surface area contributed by atoms with Crippen molar-refractivity contribution in [2.75, 3.05) is 33.4 Å². The topological polar surface area (TPSA) is 70.7 Å². The van der Waals surface area contributed by atoms with Crippen LogP contribution in [-0.4, -0.2) is 62.1 Å². The molecule has 1 unspecified atom stereocenters. The van der Waals surface area contributed by atoms with Crippen molar-refractivity contribution >= 4 is 11.8 Å². The molecule has 2 rings (SSSR count). The molecule has 2 N–H and O–H groups in total. The quantitative estimate of drug-likeness (QED) is 0.781. The van der Waals surface area contributed by atoms with E-state index in [2.05, 4.69) is 10.6 Å². The highest BCUT2D eigenvalue weighted by Crippen LogP contribution is 2.15. The Morgan fingerprint density at radius 3 is 2.67 bits per heavy atom. The number of nitrogens with one attached hydrogen (secondary N) is 2. The normalized spacial score (nSPS) is 24.4. The van der Waals surface area contributed by atoms with Crippen LogP contribution in [0.15, 0.2) is 0 Å². The summed E-state index contributed by atoms with van der Waals surface area (Å²) in [7, 11) is 1.51. The third-order valence-electron chi connectivity index (χ3n) is 4.31. The van der Waals surface area contributed by atoms with Crippen LogP contribution < -0.4 is 10.6 Å². The third kappa shape index (κ3) is 4.97. The van der Waals surface area contributed by atoms with Crippen molar-refractivity contribution in [2.45, 2.75) is 50.6 Å². The van der Waals surface area contributed by atoms with Gasteiger partial charge < -0.3 is 20.3 Å². The molecule has 0 saturated carbocycles. The van der Waals surface area contributed by atoms with E-state index < -0.39 is 0 Å². The molecule has 0 aromatic heterocycles. The summed E-state index contributed by atoms with van der Waals surface area (Å²) in [6.45, 7) is 2.51. The van der Waals surface area contributed by atoms with Crippen LogP contribution in [0.25, 0.3) is 0 Å². The second-order valence-electron chi connectivity index (χ2n) is 5.96. The summed E-state index contributed by atoms with van der Waals surface area (Å²) >= 11 is 0. The SMILES string of the molecule is COCC(=O)NC1CCN(C(=O)C2CCCCCN2)CC1. The van der Waals surface area contributed by atoms with E-state index in [4.69, 9.17) is 4.74 Å². The lowest BCUT2D eigenvalue weighted by molar-refractivity contribution is -0.134. The van der Waals surface area contributed by atoms with Crippen LogP contribution in [-0.2, 0) is 14.3 Å². The number of hydrogen-bond donors (Lipinski definition) is 2. The summed E-state index contributed by atoms with van der Waals surface area (Å²) in [5.74, 6) is 0.159. The smallest absolute Gasteiger partial charge is 0.246 e. The van der Waals surface area contributed by atoms with Gasteiger partial charge in [-0.25, -0.2) is 0 Å². The van der Waals surface area contributed by atoms with Crippen molar-refractivity contribution in [3.63, 3.8) is 0 Å². The molecule has 6 heteroatoms. The van der Waals surface area contributed by atoms with Crippen molar-refractivity contribution in [3.8, 4) is 0 Å². The predicted octanol–water partition coefficient (Wildman–Crippen LogP) is 0.272. The van der Waals surface area contributed by atoms with E-state index in [1.165, 1.54) is 13.5 Å². The summed E-state index contributed by atoms with van der Waals surface area (Å²) in [5.41, 5.74) is 0. The average Bonchev–Trinajstić information content (AvgIpc) is 2.76. The van der Waals surface area contributed by atoms with Crippen LogP contribution in [0.1, 0.15) is 38.5 Å². The molecule has 0 bridgehead atoms. The monoisotopic (exact) mass is 297 g/mol. The maximum atomic E-state index is 12.5. The minimum Gasteiger partial charge on any atom is -0.375 e. The summed E-state index contributed by atoms with van der Waals surface area (Å²) in [6, 6.07) is 0.158.